The fraction of sp³-hybridized carbons (Fsp3) is 0.400. The van der Waals surface area contributed by atoms with E-state index in [1.165, 1.54) is 0 Å². The minimum absolute atomic E-state index is 0.00510. The smallest absolute Gasteiger partial charge is 0.226 e. The van der Waals surface area contributed by atoms with Gasteiger partial charge in [-0.3, -0.25) is 4.79 Å². The quantitative estimate of drug-likeness (QED) is 0.755. The van der Waals surface area contributed by atoms with Crippen LogP contribution in [0.25, 0.3) is 11.4 Å². The molecule has 22 heavy (non-hydrogen) atoms. The van der Waals surface area contributed by atoms with E-state index in [-0.39, 0.29) is 5.91 Å². The first-order chi connectivity index (χ1) is 10.7. The second-order valence-corrected chi connectivity index (χ2v) is 5.15. The van der Waals surface area contributed by atoms with Crippen LogP contribution in [0.2, 0.25) is 5.02 Å². The van der Waals surface area contributed by atoms with Crippen LogP contribution < -0.4 is 5.32 Å². The van der Waals surface area contributed by atoms with Crippen LogP contribution in [0.15, 0.2) is 28.8 Å². The Balaban J connectivity index is 1.78. The monoisotopic (exact) mass is 323 g/mol. The number of ether oxygens (including phenoxy) is 1. The summed E-state index contributed by atoms with van der Waals surface area (Å²) in [4.78, 5) is 15.8. The van der Waals surface area contributed by atoms with E-state index in [0.29, 0.717) is 49.2 Å². The van der Waals surface area contributed by atoms with Gasteiger partial charge < -0.3 is 14.6 Å². The molecule has 0 spiro atoms. The van der Waals surface area contributed by atoms with E-state index in [9.17, 15) is 4.79 Å². The maximum Gasteiger partial charge on any atom is 0.226 e. The maximum atomic E-state index is 11.5. The van der Waals surface area contributed by atoms with Gasteiger partial charge in [0.2, 0.25) is 17.6 Å². The van der Waals surface area contributed by atoms with Crippen LogP contribution in [0.3, 0.4) is 0 Å². The van der Waals surface area contributed by atoms with Crippen molar-refractivity contribution in [1.29, 1.82) is 0 Å². The molecule has 0 saturated heterocycles. The lowest BCUT2D eigenvalue weighted by atomic mass is 10.2. The van der Waals surface area contributed by atoms with Crippen molar-refractivity contribution in [3.63, 3.8) is 0 Å². The molecule has 0 bridgehead atoms. The zero-order valence-electron chi connectivity index (χ0n) is 12.3. The molecule has 0 unspecified atom stereocenters. The largest absolute Gasteiger partial charge is 0.383 e. The molecule has 7 heteroatoms. The Bertz CT molecular complexity index is 598. The third-order valence-electron chi connectivity index (χ3n) is 2.99. The summed E-state index contributed by atoms with van der Waals surface area (Å²) < 4.78 is 10.0. The lowest BCUT2D eigenvalue weighted by Crippen LogP contribution is -2.26. The molecule has 1 amide bonds. The summed E-state index contributed by atoms with van der Waals surface area (Å²) in [5.41, 5.74) is 0.844. The van der Waals surface area contributed by atoms with Crippen molar-refractivity contribution in [2.75, 3.05) is 20.3 Å². The molecule has 0 saturated carbocycles. The van der Waals surface area contributed by atoms with Gasteiger partial charge in [0.05, 0.1) is 6.61 Å². The summed E-state index contributed by atoms with van der Waals surface area (Å²) in [6.07, 6.45) is 1.64. The van der Waals surface area contributed by atoms with Gasteiger partial charge in [0.1, 0.15) is 0 Å². The average Bonchev–Trinajstić information content (AvgIpc) is 2.97. The lowest BCUT2D eigenvalue weighted by molar-refractivity contribution is -0.121. The van der Waals surface area contributed by atoms with Crippen molar-refractivity contribution in [3.8, 4) is 11.4 Å². The molecule has 0 aliphatic rings. The summed E-state index contributed by atoms with van der Waals surface area (Å²) in [6, 6.07) is 7.22. The summed E-state index contributed by atoms with van der Waals surface area (Å²) in [5, 5.41) is 7.35. The van der Waals surface area contributed by atoms with Crippen molar-refractivity contribution < 1.29 is 14.1 Å². The number of hydrogen-bond donors (Lipinski definition) is 1. The number of carbonyl (C=O) groups excluding carboxylic acids is 1. The van der Waals surface area contributed by atoms with Crippen molar-refractivity contribution in [1.82, 2.24) is 15.5 Å². The predicted octanol–water partition coefficient (Wildman–Crippen LogP) is 2.48. The van der Waals surface area contributed by atoms with Crippen LogP contribution in [0.5, 0.6) is 0 Å². The third kappa shape index (κ3) is 5.13. The van der Waals surface area contributed by atoms with Crippen LogP contribution in [0.4, 0.5) is 0 Å². The van der Waals surface area contributed by atoms with Gasteiger partial charge >= 0.3 is 0 Å². The molecule has 0 aliphatic heterocycles. The SMILES string of the molecule is COCCNC(=O)CCCc1nc(-c2ccc(Cl)cc2)no1. The first kappa shape index (κ1) is 16.5. The van der Waals surface area contributed by atoms with Crippen LogP contribution in [-0.4, -0.2) is 36.3 Å². The molecule has 2 aromatic rings. The van der Waals surface area contributed by atoms with E-state index in [1.54, 1.807) is 19.2 Å². The highest BCUT2D eigenvalue weighted by Crippen LogP contribution is 2.19. The molecule has 6 nitrogen and oxygen atoms in total. The molecule has 1 aromatic heterocycles. The normalized spacial score (nSPS) is 10.6. The third-order valence-corrected chi connectivity index (χ3v) is 3.25. The molecule has 2 rings (SSSR count). The molecule has 118 valence electrons. The summed E-state index contributed by atoms with van der Waals surface area (Å²) in [7, 11) is 1.60. The first-order valence-corrected chi connectivity index (χ1v) is 7.41. The fourth-order valence-electron chi connectivity index (χ4n) is 1.85. The second-order valence-electron chi connectivity index (χ2n) is 4.71. The maximum absolute atomic E-state index is 11.5. The lowest BCUT2D eigenvalue weighted by Gasteiger charge is -2.02. The van der Waals surface area contributed by atoms with Gasteiger partial charge in [-0.1, -0.05) is 16.8 Å². The van der Waals surface area contributed by atoms with Crippen molar-refractivity contribution in [3.05, 3.63) is 35.2 Å². The first-order valence-electron chi connectivity index (χ1n) is 7.03. The Morgan fingerprint density at radius 2 is 2.14 bits per heavy atom. The topological polar surface area (TPSA) is 77.2 Å². The Labute approximate surface area is 133 Å². The predicted molar refractivity (Wildman–Crippen MR) is 82.6 cm³/mol. The summed E-state index contributed by atoms with van der Waals surface area (Å²) in [6.45, 7) is 1.04. The van der Waals surface area contributed by atoms with E-state index in [2.05, 4.69) is 15.5 Å². The number of halogens is 1. The minimum atomic E-state index is -0.00510. The molecule has 0 atom stereocenters. The van der Waals surface area contributed by atoms with Crippen molar-refractivity contribution >= 4 is 17.5 Å². The van der Waals surface area contributed by atoms with Crippen LogP contribution in [-0.2, 0) is 16.0 Å². The number of nitrogens with zero attached hydrogens (tertiary/aromatic N) is 2. The van der Waals surface area contributed by atoms with E-state index < -0.39 is 0 Å². The zero-order valence-corrected chi connectivity index (χ0v) is 13.1. The van der Waals surface area contributed by atoms with Gasteiger partial charge in [-0.05, 0) is 30.7 Å². The number of hydrogen-bond acceptors (Lipinski definition) is 5. The number of benzene rings is 1. The standard InChI is InChI=1S/C15H18ClN3O3/c1-21-10-9-17-13(20)3-2-4-14-18-15(19-22-14)11-5-7-12(16)8-6-11/h5-8H,2-4,9-10H2,1H3,(H,17,20). The van der Waals surface area contributed by atoms with Crippen LogP contribution >= 0.6 is 11.6 Å². The molecule has 1 heterocycles. The van der Waals surface area contributed by atoms with Crippen molar-refractivity contribution in [2.24, 2.45) is 0 Å². The number of methoxy groups -OCH3 is 1. The number of amides is 1. The van der Waals surface area contributed by atoms with Crippen molar-refractivity contribution in [2.45, 2.75) is 19.3 Å². The summed E-state index contributed by atoms with van der Waals surface area (Å²) in [5.74, 6) is 1.04. The molecular formula is C15H18ClN3O3. The average molecular weight is 324 g/mol. The Morgan fingerprint density at radius 1 is 1.36 bits per heavy atom. The van der Waals surface area contributed by atoms with Gasteiger partial charge in [-0.2, -0.15) is 4.98 Å². The highest BCUT2D eigenvalue weighted by atomic mass is 35.5. The Hall–Kier alpha value is -1.92. The van der Waals surface area contributed by atoms with E-state index in [0.717, 1.165) is 5.56 Å². The van der Waals surface area contributed by atoms with E-state index in [1.807, 2.05) is 12.1 Å². The molecular weight excluding hydrogens is 306 g/mol. The number of carbonyl (C=O) groups is 1. The highest BCUT2D eigenvalue weighted by Gasteiger charge is 2.09. The van der Waals surface area contributed by atoms with Gasteiger partial charge in [-0.25, -0.2) is 0 Å². The molecule has 0 fully saturated rings. The Kier molecular flexibility index (Phi) is 6.36. The molecule has 1 aromatic carbocycles. The van der Waals surface area contributed by atoms with Gasteiger partial charge in [-0.15, -0.1) is 0 Å². The Morgan fingerprint density at radius 3 is 2.86 bits per heavy atom. The minimum Gasteiger partial charge on any atom is -0.383 e. The second kappa shape index (κ2) is 8.51. The number of nitrogens with one attached hydrogen (secondary N) is 1. The molecule has 0 radical (unpaired) electrons. The van der Waals surface area contributed by atoms with Crippen LogP contribution in [0, 0.1) is 0 Å². The molecule has 0 aliphatic carbocycles. The highest BCUT2D eigenvalue weighted by molar-refractivity contribution is 6.30. The van der Waals surface area contributed by atoms with Gasteiger partial charge in [0, 0.05) is 37.1 Å². The van der Waals surface area contributed by atoms with Gasteiger partial charge in [0.25, 0.3) is 0 Å². The van der Waals surface area contributed by atoms with E-state index >= 15 is 0 Å². The number of aryl methyl sites for hydroxylation is 1. The van der Waals surface area contributed by atoms with E-state index in [4.69, 9.17) is 20.9 Å². The van der Waals surface area contributed by atoms with Crippen LogP contribution in [0.1, 0.15) is 18.7 Å². The summed E-state index contributed by atoms with van der Waals surface area (Å²) >= 11 is 5.84. The fourth-order valence-corrected chi connectivity index (χ4v) is 1.98. The zero-order chi connectivity index (χ0) is 15.8. The number of rotatable bonds is 8. The number of aromatic nitrogens is 2. The molecule has 1 N–H and O–H groups in total. The van der Waals surface area contributed by atoms with Gasteiger partial charge in [0.15, 0.2) is 0 Å².